The molecule has 3 N–H and O–H groups in total. The summed E-state index contributed by atoms with van der Waals surface area (Å²) in [6, 6.07) is 0. The second kappa shape index (κ2) is 13.5. The van der Waals surface area contributed by atoms with E-state index < -0.39 is 29.9 Å². The number of unbranched alkanes of at least 4 members (excludes halogenated alkanes) is 6. The second-order valence-corrected chi connectivity index (χ2v) is 6.41. The highest BCUT2D eigenvalue weighted by atomic mass is 16.4. The molecular weight excluding hydrogens is 296 g/mol. The van der Waals surface area contributed by atoms with E-state index in [0.717, 1.165) is 51.4 Å². The molecule has 23 heavy (non-hydrogen) atoms. The second-order valence-electron chi connectivity index (χ2n) is 6.41. The van der Waals surface area contributed by atoms with Crippen LogP contribution in [0.5, 0.6) is 0 Å². The maximum Gasteiger partial charge on any atom is 0.316 e. The standard InChI is InChI=1S/C18H34O5/c1-3-5-7-8-10-12-15(20)17(18(22)23)16(21)13-14(19)11-9-6-4-2/h14-15,17,19-20H,3-13H2,1-2H3,(H,22,23). The Morgan fingerprint density at radius 2 is 1.35 bits per heavy atom. The summed E-state index contributed by atoms with van der Waals surface area (Å²) in [7, 11) is 0. The number of aliphatic hydroxyl groups is 2. The molecule has 0 aliphatic rings. The van der Waals surface area contributed by atoms with Crippen LogP contribution in [0.15, 0.2) is 0 Å². The number of hydrogen-bond acceptors (Lipinski definition) is 4. The zero-order valence-electron chi connectivity index (χ0n) is 14.7. The number of ketones is 1. The molecule has 0 aromatic heterocycles. The third-order valence-electron chi connectivity index (χ3n) is 4.18. The Hall–Kier alpha value is -0.940. The van der Waals surface area contributed by atoms with Crippen LogP contribution in [-0.2, 0) is 9.59 Å². The third-order valence-corrected chi connectivity index (χ3v) is 4.18. The van der Waals surface area contributed by atoms with Crippen molar-refractivity contribution in [3.8, 4) is 0 Å². The Labute approximate surface area is 140 Å². The average molecular weight is 330 g/mol. The molecule has 3 unspecified atom stereocenters. The van der Waals surface area contributed by atoms with Gasteiger partial charge in [-0.3, -0.25) is 9.59 Å². The van der Waals surface area contributed by atoms with E-state index in [9.17, 15) is 24.9 Å². The van der Waals surface area contributed by atoms with Gasteiger partial charge in [0.2, 0.25) is 0 Å². The molecule has 0 heterocycles. The van der Waals surface area contributed by atoms with Crippen molar-refractivity contribution >= 4 is 11.8 Å². The van der Waals surface area contributed by atoms with Crippen LogP contribution in [-0.4, -0.2) is 39.3 Å². The number of Topliss-reactive ketones (excluding diaryl/α,β-unsaturated/α-hetero) is 1. The monoisotopic (exact) mass is 330 g/mol. The Kier molecular flexibility index (Phi) is 12.9. The van der Waals surface area contributed by atoms with Gasteiger partial charge in [-0.05, 0) is 12.8 Å². The van der Waals surface area contributed by atoms with Crippen LogP contribution in [0, 0.1) is 5.92 Å². The van der Waals surface area contributed by atoms with Gasteiger partial charge in [0.25, 0.3) is 0 Å². The van der Waals surface area contributed by atoms with Gasteiger partial charge in [0, 0.05) is 6.42 Å². The molecule has 0 amide bonds. The highest BCUT2D eigenvalue weighted by Gasteiger charge is 2.33. The highest BCUT2D eigenvalue weighted by molar-refractivity contribution is 5.99. The predicted molar refractivity (Wildman–Crippen MR) is 90.3 cm³/mol. The topological polar surface area (TPSA) is 94.8 Å². The number of carboxylic acid groups (broad SMARTS) is 1. The van der Waals surface area contributed by atoms with E-state index in [4.69, 9.17) is 0 Å². The molecule has 0 spiro atoms. The number of carbonyl (C=O) groups excluding carboxylic acids is 1. The van der Waals surface area contributed by atoms with Crippen LogP contribution in [0.1, 0.15) is 84.5 Å². The van der Waals surface area contributed by atoms with Gasteiger partial charge in [-0.25, -0.2) is 0 Å². The molecule has 136 valence electrons. The van der Waals surface area contributed by atoms with E-state index in [0.29, 0.717) is 12.8 Å². The molecule has 0 aromatic rings. The van der Waals surface area contributed by atoms with Gasteiger partial charge in [0.15, 0.2) is 5.78 Å². The third kappa shape index (κ3) is 10.4. The fourth-order valence-corrected chi connectivity index (χ4v) is 2.73. The molecule has 0 saturated carbocycles. The minimum Gasteiger partial charge on any atom is -0.481 e. The number of aliphatic carboxylic acids is 1. The Bertz CT molecular complexity index is 329. The van der Waals surface area contributed by atoms with Crippen LogP contribution in [0.4, 0.5) is 0 Å². The molecule has 0 aliphatic carbocycles. The number of rotatable bonds is 15. The number of hydrogen-bond donors (Lipinski definition) is 3. The highest BCUT2D eigenvalue weighted by Crippen LogP contribution is 2.18. The van der Waals surface area contributed by atoms with E-state index in [1.807, 2.05) is 0 Å². The zero-order chi connectivity index (χ0) is 17.7. The lowest BCUT2D eigenvalue weighted by molar-refractivity contribution is -0.151. The van der Waals surface area contributed by atoms with Crippen molar-refractivity contribution in [2.24, 2.45) is 5.92 Å². The Morgan fingerprint density at radius 3 is 1.91 bits per heavy atom. The molecule has 0 rings (SSSR count). The van der Waals surface area contributed by atoms with Crippen LogP contribution in [0.25, 0.3) is 0 Å². The van der Waals surface area contributed by atoms with E-state index in [1.54, 1.807) is 0 Å². The van der Waals surface area contributed by atoms with E-state index in [2.05, 4.69) is 13.8 Å². The van der Waals surface area contributed by atoms with Gasteiger partial charge in [0.05, 0.1) is 12.2 Å². The summed E-state index contributed by atoms with van der Waals surface area (Å²) >= 11 is 0. The van der Waals surface area contributed by atoms with Crippen molar-refractivity contribution in [1.29, 1.82) is 0 Å². The average Bonchev–Trinajstić information content (AvgIpc) is 2.46. The van der Waals surface area contributed by atoms with Crippen LogP contribution < -0.4 is 0 Å². The van der Waals surface area contributed by atoms with Crippen molar-refractivity contribution < 1.29 is 24.9 Å². The molecule has 0 aliphatic heterocycles. The van der Waals surface area contributed by atoms with Gasteiger partial charge in [-0.2, -0.15) is 0 Å². The summed E-state index contributed by atoms with van der Waals surface area (Å²) in [6.07, 6.45) is 6.44. The smallest absolute Gasteiger partial charge is 0.316 e. The van der Waals surface area contributed by atoms with Crippen LogP contribution in [0.2, 0.25) is 0 Å². The van der Waals surface area contributed by atoms with Gasteiger partial charge < -0.3 is 15.3 Å². The summed E-state index contributed by atoms with van der Waals surface area (Å²) in [4.78, 5) is 23.4. The molecule has 0 aromatic carbocycles. The minimum atomic E-state index is -1.41. The lowest BCUT2D eigenvalue weighted by Crippen LogP contribution is -2.36. The van der Waals surface area contributed by atoms with Crippen molar-refractivity contribution in [2.75, 3.05) is 0 Å². The first-order valence-electron chi connectivity index (χ1n) is 9.05. The van der Waals surface area contributed by atoms with E-state index in [-0.39, 0.29) is 6.42 Å². The van der Waals surface area contributed by atoms with Gasteiger partial charge >= 0.3 is 5.97 Å². The first-order valence-corrected chi connectivity index (χ1v) is 9.05. The van der Waals surface area contributed by atoms with Crippen molar-refractivity contribution in [2.45, 2.75) is 96.7 Å². The summed E-state index contributed by atoms with van der Waals surface area (Å²) in [6.45, 7) is 4.16. The molecule has 0 bridgehead atoms. The molecule has 5 nitrogen and oxygen atoms in total. The molecular formula is C18H34O5. The van der Waals surface area contributed by atoms with Gasteiger partial charge in [-0.15, -0.1) is 0 Å². The fraction of sp³-hybridized carbons (Fsp3) is 0.889. The number of aliphatic hydroxyl groups excluding tert-OH is 2. The minimum absolute atomic E-state index is 0.187. The van der Waals surface area contributed by atoms with E-state index in [1.165, 1.54) is 0 Å². The van der Waals surface area contributed by atoms with Crippen LogP contribution >= 0.6 is 0 Å². The maximum absolute atomic E-state index is 12.1. The SMILES string of the molecule is CCCCCCCC(O)C(C(=O)O)C(=O)CC(O)CCCCC. The lowest BCUT2D eigenvalue weighted by Gasteiger charge is -2.19. The summed E-state index contributed by atoms with van der Waals surface area (Å²) in [5, 5.41) is 29.1. The maximum atomic E-state index is 12.1. The Morgan fingerprint density at radius 1 is 0.826 bits per heavy atom. The van der Waals surface area contributed by atoms with Crippen LogP contribution in [0.3, 0.4) is 0 Å². The zero-order valence-corrected chi connectivity index (χ0v) is 14.7. The number of carbonyl (C=O) groups is 2. The summed E-state index contributed by atoms with van der Waals surface area (Å²) in [5.74, 6) is -3.28. The van der Waals surface area contributed by atoms with Crippen molar-refractivity contribution in [3.63, 3.8) is 0 Å². The first kappa shape index (κ1) is 22.1. The molecule has 0 fully saturated rings. The Balaban J connectivity index is 4.30. The summed E-state index contributed by atoms with van der Waals surface area (Å²) < 4.78 is 0. The van der Waals surface area contributed by atoms with Gasteiger partial charge in [0.1, 0.15) is 5.92 Å². The largest absolute Gasteiger partial charge is 0.481 e. The molecule has 0 saturated heterocycles. The molecule has 5 heteroatoms. The van der Waals surface area contributed by atoms with Gasteiger partial charge in [-0.1, -0.05) is 65.2 Å². The van der Waals surface area contributed by atoms with E-state index >= 15 is 0 Å². The lowest BCUT2D eigenvalue weighted by atomic mass is 9.89. The molecule has 3 atom stereocenters. The predicted octanol–water partition coefficient (Wildman–Crippen LogP) is 3.31. The van der Waals surface area contributed by atoms with Crippen molar-refractivity contribution in [1.82, 2.24) is 0 Å². The first-order chi connectivity index (χ1) is 10.9. The summed E-state index contributed by atoms with van der Waals surface area (Å²) in [5.41, 5.74) is 0. The quantitative estimate of drug-likeness (QED) is 0.316. The van der Waals surface area contributed by atoms with Crippen molar-refractivity contribution in [3.05, 3.63) is 0 Å². The number of carboxylic acids is 1. The normalized spacial score (nSPS) is 15.1. The molecule has 0 radical (unpaired) electrons. The fourth-order valence-electron chi connectivity index (χ4n) is 2.73.